The predicted molar refractivity (Wildman–Crippen MR) is 114 cm³/mol. The lowest BCUT2D eigenvalue weighted by Gasteiger charge is -2.22. The summed E-state index contributed by atoms with van der Waals surface area (Å²) < 4.78 is 37.7. The van der Waals surface area contributed by atoms with E-state index in [9.17, 15) is 13.9 Å². The number of ether oxygens (including phenoxy) is 2. The number of likely N-dealkylation sites (tertiary alicyclic amines) is 1. The molecule has 1 aliphatic carbocycles. The van der Waals surface area contributed by atoms with Crippen LogP contribution in [0.2, 0.25) is 0 Å². The number of alkyl halides is 2. The number of halogens is 2. The lowest BCUT2D eigenvalue weighted by molar-refractivity contribution is 0.0302. The Morgan fingerprint density at radius 3 is 2.65 bits per heavy atom. The maximum atomic E-state index is 13.3. The average molecular weight is 426 g/mol. The van der Waals surface area contributed by atoms with Crippen molar-refractivity contribution in [3.05, 3.63) is 54.7 Å². The number of rotatable bonds is 7. The third-order valence-corrected chi connectivity index (χ3v) is 6.27. The Labute approximate surface area is 179 Å². The molecule has 1 aliphatic heterocycles. The van der Waals surface area contributed by atoms with Crippen LogP contribution in [0.5, 0.6) is 11.6 Å². The summed E-state index contributed by atoms with van der Waals surface area (Å²) >= 11 is 0. The van der Waals surface area contributed by atoms with Crippen molar-refractivity contribution < 1.29 is 23.4 Å². The normalized spacial score (nSPS) is 22.8. The molecule has 7 heteroatoms. The van der Waals surface area contributed by atoms with E-state index in [4.69, 9.17) is 9.47 Å². The van der Waals surface area contributed by atoms with Gasteiger partial charge in [0.2, 0.25) is 5.88 Å². The third kappa shape index (κ3) is 3.83. The maximum absolute atomic E-state index is 13.3. The number of piperidine rings is 1. The number of aromatic nitrogens is 1. The number of pyridine rings is 1. The van der Waals surface area contributed by atoms with Crippen molar-refractivity contribution in [3.63, 3.8) is 0 Å². The summed E-state index contributed by atoms with van der Waals surface area (Å²) in [5, 5.41) is 12.3. The molecule has 0 spiro atoms. The van der Waals surface area contributed by atoms with Gasteiger partial charge in [-0.25, -0.2) is 13.8 Å². The lowest BCUT2D eigenvalue weighted by atomic mass is 10.0. The van der Waals surface area contributed by atoms with Crippen LogP contribution in [0, 0.1) is 11.8 Å². The molecule has 2 aromatic carbocycles. The number of β-amino-alcohol motifs (C(OH)–C–C–N with tert-alkyl or cyclic N) is 1. The molecule has 0 bridgehead atoms. The van der Waals surface area contributed by atoms with E-state index < -0.39 is 23.9 Å². The standard InChI is InChI=1S/C24H24F2N2O3/c1-30-23-20(3-2-8-27-23)17-5-4-16-10-19(7-6-15(16)9-17)31-14-18(29)11-28-12-21-22(13-28)24(21,25)26/h2-10,18,21-22,29H,11-14H2,1H3. The maximum Gasteiger partial charge on any atom is 0.257 e. The molecule has 162 valence electrons. The first-order valence-corrected chi connectivity index (χ1v) is 10.4. The van der Waals surface area contributed by atoms with Crippen molar-refractivity contribution in [2.24, 2.45) is 11.8 Å². The molecular formula is C24H24F2N2O3. The van der Waals surface area contributed by atoms with Gasteiger partial charge in [-0.2, -0.15) is 0 Å². The van der Waals surface area contributed by atoms with Gasteiger partial charge in [0.1, 0.15) is 18.5 Å². The number of methoxy groups -OCH3 is 1. The molecule has 2 fully saturated rings. The lowest BCUT2D eigenvalue weighted by Crippen LogP contribution is -2.37. The van der Waals surface area contributed by atoms with Crippen molar-refractivity contribution in [2.45, 2.75) is 12.0 Å². The molecule has 3 unspecified atom stereocenters. The highest BCUT2D eigenvalue weighted by atomic mass is 19.3. The average Bonchev–Trinajstić information content (AvgIpc) is 3.10. The van der Waals surface area contributed by atoms with Crippen LogP contribution in [0.3, 0.4) is 0 Å². The number of hydrogen-bond donors (Lipinski definition) is 1. The molecule has 31 heavy (non-hydrogen) atoms. The van der Waals surface area contributed by atoms with Crippen LogP contribution < -0.4 is 9.47 Å². The Balaban J connectivity index is 1.21. The molecule has 0 amide bonds. The molecule has 1 saturated heterocycles. The van der Waals surface area contributed by atoms with Crippen LogP contribution in [0.15, 0.2) is 54.7 Å². The quantitative estimate of drug-likeness (QED) is 0.622. The molecule has 3 aromatic rings. The number of fused-ring (bicyclic) bond motifs is 2. The number of benzene rings is 2. The number of nitrogens with zero attached hydrogens (tertiary/aromatic N) is 2. The first kappa shape index (κ1) is 20.2. The summed E-state index contributed by atoms with van der Waals surface area (Å²) in [5.41, 5.74) is 1.93. The molecule has 5 rings (SSSR count). The summed E-state index contributed by atoms with van der Waals surface area (Å²) in [5.74, 6) is -2.32. The van der Waals surface area contributed by atoms with Crippen LogP contribution in [-0.2, 0) is 0 Å². The SMILES string of the molecule is COc1ncccc1-c1ccc2cc(OCC(O)CN3CC4C(C3)C4(F)F)ccc2c1. The van der Waals surface area contributed by atoms with Crippen LogP contribution in [0.4, 0.5) is 8.78 Å². The second-order valence-corrected chi connectivity index (χ2v) is 8.35. The van der Waals surface area contributed by atoms with E-state index in [1.807, 2.05) is 47.4 Å². The van der Waals surface area contributed by atoms with Gasteiger partial charge in [-0.05, 0) is 46.7 Å². The van der Waals surface area contributed by atoms with Crippen LogP contribution in [-0.4, -0.2) is 60.4 Å². The van der Waals surface area contributed by atoms with E-state index >= 15 is 0 Å². The van der Waals surface area contributed by atoms with Crippen molar-refractivity contribution in [2.75, 3.05) is 33.4 Å². The fourth-order valence-electron chi connectivity index (χ4n) is 4.54. The molecule has 3 atom stereocenters. The molecular weight excluding hydrogens is 402 g/mol. The summed E-state index contributed by atoms with van der Waals surface area (Å²) in [6.07, 6.45) is 0.977. The number of hydrogen-bond acceptors (Lipinski definition) is 5. The van der Waals surface area contributed by atoms with Gasteiger partial charge in [-0.3, -0.25) is 4.90 Å². The minimum atomic E-state index is -2.49. The second-order valence-electron chi connectivity index (χ2n) is 8.35. The molecule has 0 radical (unpaired) electrons. The van der Waals surface area contributed by atoms with Crippen molar-refractivity contribution in [3.8, 4) is 22.8 Å². The zero-order valence-electron chi connectivity index (χ0n) is 17.2. The molecule has 1 saturated carbocycles. The molecule has 2 heterocycles. The number of aliphatic hydroxyl groups is 1. The minimum absolute atomic E-state index is 0.124. The van der Waals surface area contributed by atoms with Crippen LogP contribution in [0.25, 0.3) is 21.9 Å². The van der Waals surface area contributed by atoms with E-state index in [1.54, 1.807) is 13.3 Å². The summed E-state index contributed by atoms with van der Waals surface area (Å²) in [6, 6.07) is 15.7. The summed E-state index contributed by atoms with van der Waals surface area (Å²) in [6.45, 7) is 1.19. The number of aliphatic hydroxyl groups excluding tert-OH is 1. The monoisotopic (exact) mass is 426 g/mol. The highest BCUT2D eigenvalue weighted by Gasteiger charge is 2.71. The van der Waals surface area contributed by atoms with Crippen molar-refractivity contribution >= 4 is 10.8 Å². The first-order valence-electron chi connectivity index (χ1n) is 10.4. The van der Waals surface area contributed by atoms with Crippen molar-refractivity contribution in [1.82, 2.24) is 9.88 Å². The zero-order valence-corrected chi connectivity index (χ0v) is 17.2. The predicted octanol–water partition coefficient (Wildman–Crippen LogP) is 3.85. The van der Waals surface area contributed by atoms with E-state index in [-0.39, 0.29) is 6.61 Å². The Bertz CT molecular complexity index is 1090. The Morgan fingerprint density at radius 2 is 1.87 bits per heavy atom. The first-order chi connectivity index (χ1) is 15.0. The third-order valence-electron chi connectivity index (χ3n) is 6.27. The van der Waals surface area contributed by atoms with Gasteiger partial charge >= 0.3 is 0 Å². The molecule has 1 aromatic heterocycles. The van der Waals surface area contributed by atoms with Gasteiger partial charge in [0.05, 0.1) is 7.11 Å². The Hall–Kier alpha value is -2.77. The van der Waals surface area contributed by atoms with E-state index in [0.717, 1.165) is 21.9 Å². The van der Waals surface area contributed by atoms with Gasteiger partial charge in [0.15, 0.2) is 0 Å². The molecule has 5 nitrogen and oxygen atoms in total. The van der Waals surface area contributed by atoms with E-state index in [1.165, 1.54) is 0 Å². The van der Waals surface area contributed by atoms with Crippen molar-refractivity contribution in [1.29, 1.82) is 0 Å². The molecule has 1 N–H and O–H groups in total. The zero-order chi connectivity index (χ0) is 21.6. The van der Waals surface area contributed by atoms with Crippen LogP contribution in [0.1, 0.15) is 0 Å². The topological polar surface area (TPSA) is 54.8 Å². The van der Waals surface area contributed by atoms with Gasteiger partial charge in [-0.1, -0.05) is 18.2 Å². The van der Waals surface area contributed by atoms with Gasteiger partial charge in [-0.15, -0.1) is 0 Å². The minimum Gasteiger partial charge on any atom is -0.491 e. The fraction of sp³-hybridized carbons (Fsp3) is 0.375. The van der Waals surface area contributed by atoms with E-state index in [2.05, 4.69) is 11.1 Å². The second kappa shape index (κ2) is 7.73. The van der Waals surface area contributed by atoms with E-state index in [0.29, 0.717) is 31.3 Å². The van der Waals surface area contributed by atoms with Crippen LogP contribution >= 0.6 is 0 Å². The van der Waals surface area contributed by atoms with Gasteiger partial charge in [0, 0.05) is 43.2 Å². The molecule has 2 aliphatic rings. The smallest absolute Gasteiger partial charge is 0.257 e. The van der Waals surface area contributed by atoms with Gasteiger partial charge in [0.25, 0.3) is 5.92 Å². The highest BCUT2D eigenvalue weighted by molar-refractivity contribution is 5.89. The highest BCUT2D eigenvalue weighted by Crippen LogP contribution is 2.59. The fourth-order valence-corrected chi connectivity index (χ4v) is 4.54. The largest absolute Gasteiger partial charge is 0.491 e. The Morgan fingerprint density at radius 1 is 1.13 bits per heavy atom. The van der Waals surface area contributed by atoms with Gasteiger partial charge < -0.3 is 14.6 Å². The Kier molecular flexibility index (Phi) is 5.02. The summed E-state index contributed by atoms with van der Waals surface area (Å²) in [7, 11) is 1.60. The summed E-state index contributed by atoms with van der Waals surface area (Å²) in [4.78, 5) is 6.15.